The number of hydrogen-bond acceptors (Lipinski definition) is 6. The number of esters is 1. The van der Waals surface area contributed by atoms with Crippen LogP contribution in [0.25, 0.3) is 10.4 Å². The van der Waals surface area contributed by atoms with E-state index in [4.69, 9.17) is 4.74 Å². The summed E-state index contributed by atoms with van der Waals surface area (Å²) in [5.74, 6) is -1.37. The maximum absolute atomic E-state index is 13.1. The first-order valence-electron chi connectivity index (χ1n) is 10.5. The summed E-state index contributed by atoms with van der Waals surface area (Å²) in [5.41, 5.74) is 1.30. The van der Waals surface area contributed by atoms with Crippen LogP contribution in [0.15, 0.2) is 71.6 Å². The number of amides is 1. The van der Waals surface area contributed by atoms with E-state index in [-0.39, 0.29) is 17.3 Å². The molecule has 1 atom stereocenters. The summed E-state index contributed by atoms with van der Waals surface area (Å²) >= 11 is 1.24. The molecule has 1 N–H and O–H groups in total. The van der Waals surface area contributed by atoms with Gasteiger partial charge in [0.2, 0.25) is 15.9 Å². The van der Waals surface area contributed by atoms with E-state index in [0.717, 1.165) is 10.4 Å². The van der Waals surface area contributed by atoms with Crippen LogP contribution in [0.1, 0.15) is 22.5 Å². The predicted octanol–water partition coefficient (Wildman–Crippen LogP) is 4.24. The minimum absolute atomic E-state index is 0.0896. The third-order valence-electron chi connectivity index (χ3n) is 5.55. The number of sulfonamides is 1. The quantitative estimate of drug-likeness (QED) is 0.528. The Bertz CT molecular complexity index is 1240. The van der Waals surface area contributed by atoms with Crippen molar-refractivity contribution < 1.29 is 22.7 Å². The van der Waals surface area contributed by atoms with E-state index < -0.39 is 21.9 Å². The third-order valence-corrected chi connectivity index (χ3v) is 8.60. The van der Waals surface area contributed by atoms with Crippen molar-refractivity contribution >= 4 is 38.9 Å². The van der Waals surface area contributed by atoms with E-state index in [1.54, 1.807) is 36.4 Å². The van der Waals surface area contributed by atoms with Crippen LogP contribution in [0.4, 0.5) is 5.69 Å². The van der Waals surface area contributed by atoms with Crippen LogP contribution in [0, 0.1) is 5.92 Å². The molecule has 0 bridgehead atoms. The molecular weight excluding hydrogens is 460 g/mol. The number of benzene rings is 2. The lowest BCUT2D eigenvalue weighted by Gasteiger charge is -2.31. The van der Waals surface area contributed by atoms with Gasteiger partial charge in [0.15, 0.2) is 0 Å². The number of thiophene rings is 1. The van der Waals surface area contributed by atoms with Crippen molar-refractivity contribution in [2.75, 3.05) is 25.5 Å². The normalized spacial score (nSPS) is 16.8. The number of carbonyl (C=O) groups is 2. The number of anilines is 1. The Balaban J connectivity index is 1.54. The molecule has 172 valence electrons. The fourth-order valence-corrected chi connectivity index (χ4v) is 6.41. The lowest BCUT2D eigenvalue weighted by Crippen LogP contribution is -2.43. The van der Waals surface area contributed by atoms with Gasteiger partial charge in [-0.25, -0.2) is 13.2 Å². The largest absolute Gasteiger partial charge is 0.465 e. The van der Waals surface area contributed by atoms with Crippen LogP contribution in [0.3, 0.4) is 0 Å². The predicted molar refractivity (Wildman–Crippen MR) is 128 cm³/mol. The topological polar surface area (TPSA) is 92.8 Å². The fraction of sp³-hybridized carbons (Fsp3) is 0.250. The van der Waals surface area contributed by atoms with Crippen molar-refractivity contribution in [3.05, 3.63) is 71.6 Å². The van der Waals surface area contributed by atoms with Crippen LogP contribution >= 0.6 is 11.3 Å². The molecule has 0 radical (unpaired) electrons. The zero-order valence-corrected chi connectivity index (χ0v) is 19.7. The molecule has 1 aliphatic rings. The van der Waals surface area contributed by atoms with Crippen LogP contribution in [-0.4, -0.2) is 44.8 Å². The zero-order chi connectivity index (χ0) is 23.4. The summed E-state index contributed by atoms with van der Waals surface area (Å²) in [5, 5.41) is 2.85. The molecule has 1 aliphatic heterocycles. The Morgan fingerprint density at radius 2 is 1.73 bits per heavy atom. The molecule has 9 heteroatoms. The number of carbonyl (C=O) groups excluding carboxylic acids is 2. The molecule has 1 fully saturated rings. The highest BCUT2D eigenvalue weighted by Crippen LogP contribution is 2.36. The van der Waals surface area contributed by atoms with Gasteiger partial charge >= 0.3 is 5.97 Å². The van der Waals surface area contributed by atoms with E-state index in [1.807, 2.05) is 30.3 Å². The van der Waals surface area contributed by atoms with Gasteiger partial charge in [0.25, 0.3) is 0 Å². The van der Waals surface area contributed by atoms with Gasteiger partial charge in [-0.3, -0.25) is 4.79 Å². The highest BCUT2D eigenvalue weighted by Gasteiger charge is 2.34. The number of nitrogens with one attached hydrogen (secondary N) is 1. The SMILES string of the molecule is COC(=O)c1sc(-c2ccccc2)cc1NC(=O)C1CCCN(S(=O)(=O)c2ccccc2)C1. The minimum atomic E-state index is -3.68. The van der Waals surface area contributed by atoms with E-state index >= 15 is 0 Å². The van der Waals surface area contributed by atoms with Crippen molar-refractivity contribution in [2.24, 2.45) is 5.92 Å². The van der Waals surface area contributed by atoms with E-state index in [1.165, 1.54) is 22.8 Å². The van der Waals surface area contributed by atoms with Gasteiger partial charge < -0.3 is 10.1 Å². The Morgan fingerprint density at radius 1 is 1.06 bits per heavy atom. The fourth-order valence-electron chi connectivity index (χ4n) is 3.82. The van der Waals surface area contributed by atoms with Crippen LogP contribution in [-0.2, 0) is 19.6 Å². The lowest BCUT2D eigenvalue weighted by atomic mass is 9.98. The molecule has 0 spiro atoms. The minimum Gasteiger partial charge on any atom is -0.465 e. The number of ether oxygens (including phenoxy) is 1. The summed E-state index contributed by atoms with van der Waals surface area (Å²) in [7, 11) is -2.38. The second-order valence-electron chi connectivity index (χ2n) is 7.72. The van der Waals surface area contributed by atoms with E-state index in [2.05, 4.69) is 5.32 Å². The van der Waals surface area contributed by atoms with Crippen molar-refractivity contribution in [1.29, 1.82) is 0 Å². The molecule has 1 saturated heterocycles. The smallest absolute Gasteiger partial charge is 0.350 e. The van der Waals surface area contributed by atoms with Gasteiger partial charge in [0.1, 0.15) is 4.88 Å². The van der Waals surface area contributed by atoms with Gasteiger partial charge in [-0.15, -0.1) is 11.3 Å². The van der Waals surface area contributed by atoms with Crippen LogP contribution < -0.4 is 5.32 Å². The molecule has 1 aromatic heterocycles. The molecule has 1 amide bonds. The highest BCUT2D eigenvalue weighted by atomic mass is 32.2. The maximum atomic E-state index is 13.1. The maximum Gasteiger partial charge on any atom is 0.350 e. The number of rotatable bonds is 6. The summed E-state index contributed by atoms with van der Waals surface area (Å²) in [6, 6.07) is 19.5. The molecule has 4 rings (SSSR count). The lowest BCUT2D eigenvalue weighted by molar-refractivity contribution is -0.120. The standard InChI is InChI=1S/C24H24N2O5S2/c1-31-24(28)22-20(15-21(32-22)17-9-4-2-5-10-17)25-23(27)18-11-8-14-26(16-18)33(29,30)19-12-6-3-7-13-19/h2-7,9-10,12-13,15,18H,8,11,14,16H2,1H3,(H,25,27). The molecule has 2 heterocycles. The summed E-state index contributed by atoms with van der Waals surface area (Å²) in [4.78, 5) is 26.8. The number of methoxy groups -OCH3 is 1. The monoisotopic (exact) mass is 484 g/mol. The average Bonchev–Trinajstić information content (AvgIpc) is 3.28. The van der Waals surface area contributed by atoms with Gasteiger partial charge in [-0.05, 0) is 36.6 Å². The van der Waals surface area contributed by atoms with Crippen molar-refractivity contribution in [3.63, 3.8) is 0 Å². The first-order chi connectivity index (χ1) is 15.9. The second-order valence-corrected chi connectivity index (χ2v) is 10.7. The zero-order valence-electron chi connectivity index (χ0n) is 18.1. The molecular formula is C24H24N2O5S2. The average molecular weight is 485 g/mol. The van der Waals surface area contributed by atoms with Crippen molar-refractivity contribution in [1.82, 2.24) is 4.31 Å². The Labute approximate surface area is 197 Å². The van der Waals surface area contributed by atoms with Gasteiger partial charge in [-0.2, -0.15) is 4.31 Å². The van der Waals surface area contributed by atoms with Crippen molar-refractivity contribution in [3.8, 4) is 10.4 Å². The summed E-state index contributed by atoms with van der Waals surface area (Å²) < 4.78 is 32.2. The van der Waals surface area contributed by atoms with E-state index in [0.29, 0.717) is 30.0 Å². The first-order valence-corrected chi connectivity index (χ1v) is 12.8. The van der Waals surface area contributed by atoms with Crippen LogP contribution in [0.2, 0.25) is 0 Å². The third kappa shape index (κ3) is 5.00. The molecule has 7 nitrogen and oxygen atoms in total. The highest BCUT2D eigenvalue weighted by molar-refractivity contribution is 7.89. The molecule has 0 saturated carbocycles. The number of hydrogen-bond donors (Lipinski definition) is 1. The number of piperidine rings is 1. The Hall–Kier alpha value is -3.01. The van der Waals surface area contributed by atoms with E-state index in [9.17, 15) is 18.0 Å². The van der Waals surface area contributed by atoms with Gasteiger partial charge in [0.05, 0.1) is 23.6 Å². The van der Waals surface area contributed by atoms with Crippen LogP contribution in [0.5, 0.6) is 0 Å². The molecule has 33 heavy (non-hydrogen) atoms. The molecule has 1 unspecified atom stereocenters. The first kappa shape index (κ1) is 23.2. The second kappa shape index (κ2) is 9.86. The molecule has 0 aliphatic carbocycles. The van der Waals surface area contributed by atoms with Crippen molar-refractivity contribution in [2.45, 2.75) is 17.7 Å². The molecule has 3 aromatic rings. The Morgan fingerprint density at radius 3 is 2.39 bits per heavy atom. The molecule has 2 aromatic carbocycles. The number of nitrogens with zero attached hydrogens (tertiary/aromatic N) is 1. The summed E-state index contributed by atoms with van der Waals surface area (Å²) in [6.45, 7) is 0.456. The summed E-state index contributed by atoms with van der Waals surface area (Å²) in [6.07, 6.45) is 1.14. The van der Waals surface area contributed by atoms with Gasteiger partial charge in [-0.1, -0.05) is 48.5 Å². The Kier molecular flexibility index (Phi) is 6.92. The van der Waals surface area contributed by atoms with Gasteiger partial charge in [0, 0.05) is 18.0 Å².